The lowest BCUT2D eigenvalue weighted by Gasteiger charge is -2.44. The second-order valence-corrected chi connectivity index (χ2v) is 23.3. The molecule has 0 spiro atoms. The molecule has 4 aliphatic heterocycles. The Kier molecular flexibility index (Phi) is 10.5. The topological polar surface area (TPSA) is 22.2 Å². The van der Waals surface area contributed by atoms with Crippen molar-refractivity contribution in [2.75, 3.05) is 19.6 Å². The van der Waals surface area contributed by atoms with Crippen molar-refractivity contribution in [1.29, 1.82) is 0 Å². The maximum absolute atomic E-state index is 7.28. The van der Waals surface area contributed by atoms with Crippen LogP contribution in [0.15, 0.2) is 289 Å². The maximum Gasteiger partial charge on any atom is 0.256 e. The molecule has 0 N–H and O–H groups in total. The number of rotatable bonds is 8. The van der Waals surface area contributed by atoms with Gasteiger partial charge in [0.1, 0.15) is 11.5 Å². The molecule has 0 fully saturated rings. The fourth-order valence-electron chi connectivity index (χ4n) is 13.4. The number of hydrogen-bond donors (Lipinski definition) is 0. The summed E-state index contributed by atoms with van der Waals surface area (Å²) in [5.74, 6) is 1.74. The van der Waals surface area contributed by atoms with E-state index in [9.17, 15) is 0 Å². The summed E-state index contributed by atoms with van der Waals surface area (Å²) < 4.78 is 9.81. The Hall–Kier alpha value is -9.66. The van der Waals surface area contributed by atoms with Crippen molar-refractivity contribution < 1.29 is 4.74 Å². The van der Waals surface area contributed by atoms with Gasteiger partial charge in [0, 0.05) is 92.9 Å². The van der Waals surface area contributed by atoms with Gasteiger partial charge in [-0.25, -0.2) is 0 Å². The number of benzene rings is 12. The molecule has 12 aromatic carbocycles. The zero-order chi connectivity index (χ0) is 53.1. The van der Waals surface area contributed by atoms with Crippen molar-refractivity contribution in [3.63, 3.8) is 0 Å². The minimum absolute atomic E-state index is 0.0648. The summed E-state index contributed by atoms with van der Waals surface area (Å²) in [6, 6.07) is 102. The minimum Gasteiger partial charge on any atom is -0.458 e. The normalized spacial score (nSPS) is 13.1. The van der Waals surface area contributed by atoms with Crippen LogP contribution in [0, 0.1) is 0 Å². The summed E-state index contributed by atoms with van der Waals surface area (Å²) in [6.07, 6.45) is 0. The first-order valence-electron chi connectivity index (χ1n) is 27.6. The van der Waals surface area contributed by atoms with Crippen LogP contribution in [-0.2, 0) is 0 Å². The van der Waals surface area contributed by atoms with E-state index in [-0.39, 0.29) is 13.4 Å². The Balaban J connectivity index is 0.961. The lowest BCUT2D eigenvalue weighted by molar-refractivity contribution is 0.487. The average Bonchev–Trinajstić information content (AvgIpc) is 3.32. The SMILES string of the molecule is c1ccc(N(c2ccccc2)c2cc3c4c(c2)N(c2cccc5sc6ccccc6c25)c2cc5c(cc2B4c2ccccc2O3)B2c3ccccc3N(c3ccccc3)c3cc(N(c4ccccc4)c4ccccc4)cc(c32)S5)cc1. The highest BCUT2D eigenvalue weighted by molar-refractivity contribution is 8.00. The molecule has 0 unspecified atom stereocenters. The number of fused-ring (bicyclic) bond motifs is 11. The molecule has 0 radical (unpaired) electrons. The van der Waals surface area contributed by atoms with Crippen LogP contribution in [0.4, 0.5) is 68.2 Å². The zero-order valence-electron chi connectivity index (χ0n) is 43.7. The van der Waals surface area contributed by atoms with Gasteiger partial charge < -0.3 is 24.3 Å². The van der Waals surface area contributed by atoms with Gasteiger partial charge in [0.05, 0.1) is 11.4 Å². The van der Waals surface area contributed by atoms with E-state index in [1.54, 1.807) is 0 Å². The van der Waals surface area contributed by atoms with Gasteiger partial charge in [-0.1, -0.05) is 175 Å². The number of ether oxygens (including phenoxy) is 1. The van der Waals surface area contributed by atoms with Crippen LogP contribution in [-0.4, -0.2) is 13.4 Å². The van der Waals surface area contributed by atoms with Gasteiger partial charge in [-0.3, -0.25) is 0 Å². The third-order valence-electron chi connectivity index (χ3n) is 16.7. The molecule has 13 aromatic rings. The zero-order valence-corrected chi connectivity index (χ0v) is 45.4. The van der Waals surface area contributed by atoms with E-state index in [0.29, 0.717) is 0 Å². The smallest absolute Gasteiger partial charge is 0.256 e. The molecule has 0 saturated carbocycles. The van der Waals surface area contributed by atoms with Gasteiger partial charge in [-0.15, -0.1) is 11.3 Å². The van der Waals surface area contributed by atoms with Crippen LogP contribution in [0.5, 0.6) is 11.5 Å². The van der Waals surface area contributed by atoms with Gasteiger partial charge >= 0.3 is 0 Å². The Labute approximate surface area is 479 Å². The molecule has 5 heterocycles. The molecule has 0 atom stereocenters. The molecule has 0 saturated heterocycles. The minimum atomic E-state index is -0.135. The lowest BCUT2D eigenvalue weighted by atomic mass is 9.31. The highest BCUT2D eigenvalue weighted by Crippen LogP contribution is 2.52. The molecule has 378 valence electrons. The third-order valence-corrected chi connectivity index (χ3v) is 18.9. The molecule has 0 amide bonds. The van der Waals surface area contributed by atoms with Crippen LogP contribution >= 0.6 is 23.1 Å². The molecule has 17 rings (SSSR count). The molecular weight excluding hydrogens is 1020 g/mol. The predicted octanol–water partition coefficient (Wildman–Crippen LogP) is 16.2. The van der Waals surface area contributed by atoms with E-state index >= 15 is 0 Å². The summed E-state index contributed by atoms with van der Waals surface area (Å²) in [5, 5.41) is 2.50. The summed E-state index contributed by atoms with van der Waals surface area (Å²) in [4.78, 5) is 12.4. The van der Waals surface area contributed by atoms with Crippen molar-refractivity contribution >= 4 is 158 Å². The van der Waals surface area contributed by atoms with Crippen LogP contribution in [0.1, 0.15) is 0 Å². The van der Waals surface area contributed by atoms with Gasteiger partial charge in [0.25, 0.3) is 6.71 Å². The fraction of sp³-hybridized carbons (Fsp3) is 0. The Bertz CT molecular complexity index is 4560. The molecule has 81 heavy (non-hydrogen) atoms. The molecule has 1 aromatic heterocycles. The van der Waals surface area contributed by atoms with Gasteiger partial charge in [0.2, 0.25) is 6.71 Å². The number of hydrogen-bond acceptors (Lipinski definition) is 7. The second-order valence-electron chi connectivity index (χ2n) is 21.1. The predicted molar refractivity (Wildman–Crippen MR) is 344 cm³/mol. The van der Waals surface area contributed by atoms with E-state index < -0.39 is 0 Å². The van der Waals surface area contributed by atoms with Crippen LogP contribution in [0.2, 0.25) is 0 Å². The monoisotopic (exact) mass is 1070 g/mol. The van der Waals surface area contributed by atoms with E-state index in [1.165, 1.54) is 63.2 Å². The van der Waals surface area contributed by atoms with Crippen LogP contribution in [0.3, 0.4) is 0 Å². The maximum atomic E-state index is 7.28. The quantitative estimate of drug-likeness (QED) is 0.140. The van der Waals surface area contributed by atoms with Crippen molar-refractivity contribution in [3.8, 4) is 11.5 Å². The summed E-state index contributed by atoms with van der Waals surface area (Å²) in [5.41, 5.74) is 20.8. The molecular formula is C72H46B2N4OS2. The van der Waals surface area contributed by atoms with Gasteiger partial charge in [0.15, 0.2) is 0 Å². The van der Waals surface area contributed by atoms with E-state index in [0.717, 1.165) is 79.3 Å². The molecule has 0 bridgehead atoms. The first kappa shape index (κ1) is 46.3. The van der Waals surface area contributed by atoms with E-state index in [1.807, 2.05) is 23.1 Å². The van der Waals surface area contributed by atoms with Gasteiger partial charge in [-0.05, 0) is 143 Å². The fourth-order valence-corrected chi connectivity index (χ4v) is 15.7. The Morgan fingerprint density at radius 3 is 1.53 bits per heavy atom. The average molecular weight is 1070 g/mol. The van der Waals surface area contributed by atoms with Crippen molar-refractivity contribution in [3.05, 3.63) is 279 Å². The Morgan fingerprint density at radius 1 is 0.321 bits per heavy atom. The highest BCUT2D eigenvalue weighted by Gasteiger charge is 2.47. The van der Waals surface area contributed by atoms with Crippen molar-refractivity contribution in [1.82, 2.24) is 0 Å². The molecule has 0 aliphatic carbocycles. The number of para-hydroxylation sites is 7. The van der Waals surface area contributed by atoms with E-state index in [2.05, 4.69) is 299 Å². The first-order valence-corrected chi connectivity index (χ1v) is 29.3. The number of anilines is 12. The van der Waals surface area contributed by atoms with Crippen LogP contribution in [0.25, 0.3) is 20.2 Å². The molecule has 5 nitrogen and oxygen atoms in total. The standard InChI is InChI=1S/C72H46B2N4OS2/c1-6-23-47(24-7-1)75(48-25-8-2-9-26-48)52-41-62-71-65(43-52)79-64-38-20-18-35-56(64)74(71)57-45-58-68(46-61(57)78(62)60-37-22-40-67-70(60)54-33-16-21-39-66(54)80-67)81-69-44-53(76(49-27-10-3-11-28-49)50-29-12-4-13-30-50)42-63-72(69)73(58)55-34-17-19-36-59(55)77(63)51-31-14-5-15-32-51/h1-46H. The Morgan fingerprint density at radius 2 is 0.852 bits per heavy atom. The first-order chi connectivity index (χ1) is 40.2. The number of thiophene rings is 1. The van der Waals surface area contributed by atoms with Crippen molar-refractivity contribution in [2.45, 2.75) is 9.79 Å². The molecule has 4 aliphatic rings. The van der Waals surface area contributed by atoms with Crippen molar-refractivity contribution in [2.24, 2.45) is 0 Å². The summed E-state index contributed by atoms with van der Waals surface area (Å²) >= 11 is 3.77. The highest BCUT2D eigenvalue weighted by atomic mass is 32.2. The van der Waals surface area contributed by atoms with Crippen LogP contribution < -0.4 is 57.1 Å². The second kappa shape index (κ2) is 18.5. The van der Waals surface area contributed by atoms with Gasteiger partial charge in [-0.2, -0.15) is 0 Å². The lowest BCUT2D eigenvalue weighted by Crippen LogP contribution is -2.63. The number of nitrogens with zero attached hydrogens (tertiary/aromatic N) is 4. The summed E-state index contributed by atoms with van der Waals surface area (Å²) in [7, 11) is 0. The largest absolute Gasteiger partial charge is 0.458 e. The third kappa shape index (κ3) is 7.22. The molecule has 9 heteroatoms. The summed E-state index contributed by atoms with van der Waals surface area (Å²) in [6.45, 7) is -0.200. The van der Waals surface area contributed by atoms with E-state index in [4.69, 9.17) is 4.74 Å².